The van der Waals surface area contributed by atoms with Crippen LogP contribution in [0.1, 0.15) is 10.5 Å². The van der Waals surface area contributed by atoms with Gasteiger partial charge in [-0.05, 0) is 23.7 Å². The topological polar surface area (TPSA) is 83.3 Å². The minimum atomic E-state index is -0.303. The van der Waals surface area contributed by atoms with E-state index in [2.05, 4.69) is 24.9 Å². The van der Waals surface area contributed by atoms with Crippen molar-refractivity contribution in [2.75, 3.05) is 36.4 Å². The lowest BCUT2D eigenvalue weighted by Crippen LogP contribution is -2.43. The average Bonchev–Trinajstić information content (AvgIpc) is 3.33. The molecule has 8 heteroatoms. The predicted molar refractivity (Wildman–Crippen MR) is 97.1 cm³/mol. The van der Waals surface area contributed by atoms with Crippen molar-refractivity contribution in [1.29, 1.82) is 0 Å². The number of oxazole rings is 1. The van der Waals surface area contributed by atoms with Gasteiger partial charge in [0.05, 0.1) is 11.9 Å². The molecular weight excluding hydrogens is 338 g/mol. The highest BCUT2D eigenvalue weighted by molar-refractivity contribution is 7.11. The van der Waals surface area contributed by atoms with Crippen molar-refractivity contribution in [3.63, 3.8) is 0 Å². The first-order chi connectivity index (χ1) is 12.3. The zero-order valence-corrected chi connectivity index (χ0v) is 14.3. The normalized spacial score (nSPS) is 14.5. The molecule has 1 amide bonds. The van der Waals surface area contributed by atoms with E-state index in [4.69, 9.17) is 4.42 Å². The number of amides is 1. The molecule has 0 unspecified atom stereocenters. The summed E-state index contributed by atoms with van der Waals surface area (Å²) in [5.74, 6) is 0.124. The second kappa shape index (κ2) is 7.04. The average molecular weight is 355 g/mol. The molecule has 1 saturated heterocycles. The van der Waals surface area contributed by atoms with Crippen LogP contribution in [-0.4, -0.2) is 41.4 Å². The van der Waals surface area contributed by atoms with Crippen molar-refractivity contribution in [3.8, 4) is 11.5 Å². The van der Waals surface area contributed by atoms with E-state index in [9.17, 15) is 4.79 Å². The van der Waals surface area contributed by atoms with E-state index >= 15 is 0 Å². The first-order valence-corrected chi connectivity index (χ1v) is 8.81. The number of hydrogen-bond donors (Lipinski definition) is 2. The third-order valence-electron chi connectivity index (χ3n) is 3.96. The van der Waals surface area contributed by atoms with Crippen molar-refractivity contribution in [1.82, 2.24) is 14.7 Å². The minimum absolute atomic E-state index is 0.247. The van der Waals surface area contributed by atoms with E-state index in [0.717, 1.165) is 36.7 Å². The molecule has 1 aromatic carbocycles. The number of rotatable bonds is 4. The molecular formula is C17H17N5O2S. The van der Waals surface area contributed by atoms with Gasteiger partial charge in [0.1, 0.15) is 11.3 Å². The monoisotopic (exact) mass is 355 g/mol. The number of carbonyl (C=O) groups excluding carboxylic acids is 1. The summed E-state index contributed by atoms with van der Waals surface area (Å²) in [7, 11) is 0. The van der Waals surface area contributed by atoms with Crippen LogP contribution in [0, 0.1) is 0 Å². The van der Waals surface area contributed by atoms with Gasteiger partial charge in [0, 0.05) is 31.7 Å². The largest absolute Gasteiger partial charge is 0.444 e. The third kappa shape index (κ3) is 3.40. The lowest BCUT2D eigenvalue weighted by Gasteiger charge is -2.28. The Labute approximate surface area is 148 Å². The maximum Gasteiger partial charge on any atom is 0.277 e. The third-order valence-corrected chi connectivity index (χ3v) is 4.82. The fourth-order valence-corrected chi connectivity index (χ4v) is 3.45. The molecule has 0 bridgehead atoms. The van der Waals surface area contributed by atoms with Crippen LogP contribution in [0.5, 0.6) is 0 Å². The smallest absolute Gasteiger partial charge is 0.277 e. The van der Waals surface area contributed by atoms with E-state index < -0.39 is 0 Å². The van der Waals surface area contributed by atoms with Crippen molar-refractivity contribution in [2.24, 2.45) is 0 Å². The van der Waals surface area contributed by atoms with Crippen LogP contribution in [0.15, 0.2) is 47.2 Å². The summed E-state index contributed by atoms with van der Waals surface area (Å²) in [6.45, 7) is 3.64. The Balaban J connectivity index is 1.50. The van der Waals surface area contributed by atoms with Gasteiger partial charge in [-0.25, -0.2) is 4.98 Å². The molecule has 0 atom stereocenters. The molecule has 0 spiro atoms. The van der Waals surface area contributed by atoms with Crippen LogP contribution in [0.3, 0.4) is 0 Å². The van der Waals surface area contributed by atoms with Crippen LogP contribution in [0.4, 0.5) is 10.7 Å². The highest BCUT2D eigenvalue weighted by Gasteiger charge is 2.20. The van der Waals surface area contributed by atoms with Crippen molar-refractivity contribution < 1.29 is 9.21 Å². The standard InChI is InChI=1S/C17H17N5O2S/c23-15(14-11-24-16(21-14)12-4-2-1-3-5-12)20-13-10-19-25-17(13)22-8-6-18-7-9-22/h1-5,10-11,18H,6-9H2,(H,20,23). The maximum atomic E-state index is 12.5. The van der Waals surface area contributed by atoms with Crippen LogP contribution >= 0.6 is 11.5 Å². The minimum Gasteiger partial charge on any atom is -0.444 e. The SMILES string of the molecule is O=C(Nc1cnsc1N1CCNCC1)c1coc(-c2ccccc2)n1. The van der Waals surface area contributed by atoms with Crippen LogP contribution in [0.2, 0.25) is 0 Å². The fourth-order valence-electron chi connectivity index (χ4n) is 2.69. The van der Waals surface area contributed by atoms with Gasteiger partial charge in [-0.15, -0.1) is 0 Å². The number of nitrogens with zero attached hydrogens (tertiary/aromatic N) is 3. The number of carbonyl (C=O) groups is 1. The molecule has 2 N–H and O–H groups in total. The molecule has 0 radical (unpaired) electrons. The van der Waals surface area contributed by atoms with Gasteiger partial charge >= 0.3 is 0 Å². The molecule has 4 rings (SSSR count). The number of aromatic nitrogens is 2. The quantitative estimate of drug-likeness (QED) is 0.748. The Morgan fingerprint density at radius 3 is 2.84 bits per heavy atom. The van der Waals surface area contributed by atoms with Gasteiger partial charge in [0.2, 0.25) is 5.89 Å². The number of benzene rings is 1. The Kier molecular flexibility index (Phi) is 4.45. The Morgan fingerprint density at radius 2 is 2.04 bits per heavy atom. The summed E-state index contributed by atoms with van der Waals surface area (Å²) in [4.78, 5) is 19.0. The summed E-state index contributed by atoms with van der Waals surface area (Å²) in [6, 6.07) is 9.49. The van der Waals surface area contributed by atoms with E-state index in [1.54, 1.807) is 6.20 Å². The second-order valence-corrected chi connectivity index (χ2v) is 6.42. The number of anilines is 2. The van der Waals surface area contributed by atoms with Crippen LogP contribution < -0.4 is 15.5 Å². The highest BCUT2D eigenvalue weighted by Crippen LogP contribution is 2.31. The number of nitrogens with one attached hydrogen (secondary N) is 2. The van der Waals surface area contributed by atoms with Gasteiger partial charge in [0.15, 0.2) is 5.69 Å². The lowest BCUT2D eigenvalue weighted by molar-refractivity contribution is 0.102. The van der Waals surface area contributed by atoms with E-state index in [1.165, 1.54) is 17.8 Å². The second-order valence-electron chi connectivity index (χ2n) is 5.64. The summed E-state index contributed by atoms with van der Waals surface area (Å²) < 4.78 is 9.65. The van der Waals surface area contributed by atoms with E-state index in [-0.39, 0.29) is 11.6 Å². The molecule has 1 aliphatic heterocycles. The van der Waals surface area contributed by atoms with Crippen LogP contribution in [-0.2, 0) is 0 Å². The molecule has 2 aromatic heterocycles. The molecule has 3 aromatic rings. The zero-order valence-electron chi connectivity index (χ0n) is 13.4. The molecule has 128 valence electrons. The predicted octanol–water partition coefficient (Wildman–Crippen LogP) is 2.46. The maximum absolute atomic E-state index is 12.5. The molecule has 0 saturated carbocycles. The van der Waals surface area contributed by atoms with E-state index in [0.29, 0.717) is 11.6 Å². The molecule has 25 heavy (non-hydrogen) atoms. The Bertz CT molecular complexity index is 855. The summed E-state index contributed by atoms with van der Waals surface area (Å²) in [5.41, 5.74) is 1.79. The van der Waals surface area contributed by atoms with Gasteiger partial charge in [-0.2, -0.15) is 4.37 Å². The van der Waals surface area contributed by atoms with Gasteiger partial charge in [-0.1, -0.05) is 18.2 Å². The van der Waals surface area contributed by atoms with Gasteiger partial charge < -0.3 is 20.0 Å². The van der Waals surface area contributed by atoms with Crippen molar-refractivity contribution >= 4 is 28.1 Å². The lowest BCUT2D eigenvalue weighted by atomic mass is 10.2. The fraction of sp³-hybridized carbons (Fsp3) is 0.235. The summed E-state index contributed by atoms with van der Waals surface area (Å²) in [6.07, 6.45) is 3.06. The van der Waals surface area contributed by atoms with Crippen molar-refractivity contribution in [3.05, 3.63) is 48.5 Å². The molecule has 3 heterocycles. The van der Waals surface area contributed by atoms with Crippen molar-refractivity contribution in [2.45, 2.75) is 0 Å². The Hall–Kier alpha value is -2.71. The molecule has 1 aliphatic rings. The summed E-state index contributed by atoms with van der Waals surface area (Å²) >= 11 is 1.38. The number of hydrogen-bond acceptors (Lipinski definition) is 7. The molecule has 7 nitrogen and oxygen atoms in total. The Morgan fingerprint density at radius 1 is 1.24 bits per heavy atom. The van der Waals surface area contributed by atoms with Gasteiger partial charge in [0.25, 0.3) is 5.91 Å². The molecule has 1 fully saturated rings. The summed E-state index contributed by atoms with van der Waals surface area (Å²) in [5, 5.41) is 7.18. The number of piperazine rings is 1. The highest BCUT2D eigenvalue weighted by atomic mass is 32.1. The van der Waals surface area contributed by atoms with Crippen LogP contribution in [0.25, 0.3) is 11.5 Å². The first kappa shape index (κ1) is 15.8. The zero-order chi connectivity index (χ0) is 17.1. The van der Waals surface area contributed by atoms with Gasteiger partial charge in [-0.3, -0.25) is 4.79 Å². The molecule has 0 aliphatic carbocycles. The van der Waals surface area contributed by atoms with E-state index in [1.807, 2.05) is 30.3 Å². The first-order valence-electron chi connectivity index (χ1n) is 8.04.